The van der Waals surface area contributed by atoms with E-state index in [1.54, 1.807) is 0 Å². The van der Waals surface area contributed by atoms with E-state index in [0.717, 1.165) is 25.8 Å². The zero-order chi connectivity index (χ0) is 13.0. The van der Waals surface area contributed by atoms with Gasteiger partial charge in [0.2, 0.25) is 5.91 Å². The van der Waals surface area contributed by atoms with E-state index in [2.05, 4.69) is 24.1 Å². The summed E-state index contributed by atoms with van der Waals surface area (Å²) in [6.07, 6.45) is 3.22. The standard InChI is InChI=1S/C13H27N3O/c1-9(2)12(14)7-8-16(4)10(3)13(17)15-11-5-6-11/h9-12H,5-8,14H2,1-4H3,(H,15,17). The Morgan fingerprint density at radius 3 is 2.47 bits per heavy atom. The molecule has 2 unspecified atom stereocenters. The van der Waals surface area contributed by atoms with Crippen LogP contribution in [0.25, 0.3) is 0 Å². The van der Waals surface area contributed by atoms with Gasteiger partial charge in [0.25, 0.3) is 0 Å². The highest BCUT2D eigenvalue weighted by molar-refractivity contribution is 5.81. The summed E-state index contributed by atoms with van der Waals surface area (Å²) in [7, 11) is 1.99. The number of hydrogen-bond acceptors (Lipinski definition) is 3. The molecule has 3 N–H and O–H groups in total. The number of carbonyl (C=O) groups is 1. The number of rotatable bonds is 7. The fourth-order valence-electron chi connectivity index (χ4n) is 1.63. The van der Waals surface area contributed by atoms with Crippen LogP contribution in [-0.2, 0) is 4.79 Å². The summed E-state index contributed by atoms with van der Waals surface area (Å²) >= 11 is 0. The Kier molecular flexibility index (Phi) is 5.40. The highest BCUT2D eigenvalue weighted by atomic mass is 16.2. The number of nitrogens with zero attached hydrogens (tertiary/aromatic N) is 1. The molecule has 0 aromatic rings. The summed E-state index contributed by atoms with van der Waals surface area (Å²) in [6.45, 7) is 7.10. The van der Waals surface area contributed by atoms with Crippen LogP contribution in [0, 0.1) is 5.92 Å². The largest absolute Gasteiger partial charge is 0.352 e. The maximum Gasteiger partial charge on any atom is 0.237 e. The van der Waals surface area contributed by atoms with Crippen LogP contribution in [-0.4, -0.2) is 42.5 Å². The van der Waals surface area contributed by atoms with E-state index in [0.29, 0.717) is 12.0 Å². The van der Waals surface area contributed by atoms with Gasteiger partial charge in [0.15, 0.2) is 0 Å². The summed E-state index contributed by atoms with van der Waals surface area (Å²) in [5.41, 5.74) is 6.00. The van der Waals surface area contributed by atoms with Crippen molar-refractivity contribution >= 4 is 5.91 Å². The van der Waals surface area contributed by atoms with Gasteiger partial charge in [0.05, 0.1) is 6.04 Å². The fraction of sp³-hybridized carbons (Fsp3) is 0.923. The quantitative estimate of drug-likeness (QED) is 0.698. The zero-order valence-corrected chi connectivity index (χ0v) is 11.6. The van der Waals surface area contributed by atoms with Crippen molar-refractivity contribution in [1.29, 1.82) is 0 Å². The molecule has 1 amide bonds. The average Bonchev–Trinajstić information content (AvgIpc) is 3.07. The van der Waals surface area contributed by atoms with E-state index >= 15 is 0 Å². The number of carbonyl (C=O) groups excluding carboxylic acids is 1. The highest BCUT2D eigenvalue weighted by Crippen LogP contribution is 2.19. The summed E-state index contributed by atoms with van der Waals surface area (Å²) in [6, 6.07) is 0.599. The van der Waals surface area contributed by atoms with E-state index in [4.69, 9.17) is 5.73 Å². The number of nitrogens with one attached hydrogen (secondary N) is 1. The molecule has 1 fully saturated rings. The van der Waals surface area contributed by atoms with E-state index in [9.17, 15) is 4.79 Å². The van der Waals surface area contributed by atoms with E-state index in [1.165, 1.54) is 0 Å². The van der Waals surface area contributed by atoms with Gasteiger partial charge < -0.3 is 11.1 Å². The first-order valence-electron chi connectivity index (χ1n) is 6.68. The smallest absolute Gasteiger partial charge is 0.237 e. The van der Waals surface area contributed by atoms with Gasteiger partial charge in [-0.05, 0) is 39.2 Å². The van der Waals surface area contributed by atoms with E-state index < -0.39 is 0 Å². The molecule has 1 rings (SSSR count). The molecule has 4 heteroatoms. The van der Waals surface area contributed by atoms with Crippen molar-refractivity contribution in [2.24, 2.45) is 11.7 Å². The molecule has 0 heterocycles. The van der Waals surface area contributed by atoms with Crippen LogP contribution in [0.1, 0.15) is 40.0 Å². The average molecular weight is 241 g/mol. The molecular weight excluding hydrogens is 214 g/mol. The van der Waals surface area contributed by atoms with Gasteiger partial charge in [0, 0.05) is 18.6 Å². The Labute approximate surface area is 105 Å². The second-order valence-electron chi connectivity index (χ2n) is 5.64. The number of nitrogens with two attached hydrogens (primary N) is 1. The molecule has 0 radical (unpaired) electrons. The Morgan fingerprint density at radius 1 is 1.41 bits per heavy atom. The first kappa shape index (κ1) is 14.5. The van der Waals surface area contributed by atoms with Crippen LogP contribution >= 0.6 is 0 Å². The third-order valence-electron chi connectivity index (χ3n) is 3.64. The first-order chi connectivity index (χ1) is 7.91. The summed E-state index contributed by atoms with van der Waals surface area (Å²) in [5, 5.41) is 3.03. The van der Waals surface area contributed by atoms with Gasteiger partial charge in [0.1, 0.15) is 0 Å². The third kappa shape index (κ3) is 5.04. The first-order valence-corrected chi connectivity index (χ1v) is 6.68. The van der Waals surface area contributed by atoms with Crippen molar-refractivity contribution in [3.05, 3.63) is 0 Å². The molecular formula is C13H27N3O. The molecule has 0 bridgehead atoms. The van der Waals surface area contributed by atoms with Gasteiger partial charge in [-0.2, -0.15) is 0 Å². The minimum Gasteiger partial charge on any atom is -0.352 e. The van der Waals surface area contributed by atoms with Crippen molar-refractivity contribution < 1.29 is 4.79 Å². The molecule has 4 nitrogen and oxygen atoms in total. The van der Waals surface area contributed by atoms with Crippen molar-refractivity contribution in [1.82, 2.24) is 10.2 Å². The SMILES string of the molecule is CC(C)C(N)CCN(C)C(C)C(=O)NC1CC1. The lowest BCUT2D eigenvalue weighted by molar-refractivity contribution is -0.125. The predicted molar refractivity (Wildman–Crippen MR) is 70.7 cm³/mol. The number of amides is 1. The maximum atomic E-state index is 11.8. The lowest BCUT2D eigenvalue weighted by atomic mass is 10.0. The molecule has 1 aliphatic rings. The van der Waals surface area contributed by atoms with Crippen LogP contribution in [0.2, 0.25) is 0 Å². The van der Waals surface area contributed by atoms with Crippen molar-refractivity contribution in [3.8, 4) is 0 Å². The molecule has 0 aromatic carbocycles. The molecule has 2 atom stereocenters. The predicted octanol–water partition coefficient (Wildman–Crippen LogP) is 0.959. The lowest BCUT2D eigenvalue weighted by Crippen LogP contribution is -2.45. The van der Waals surface area contributed by atoms with Crippen LogP contribution in [0.5, 0.6) is 0 Å². The monoisotopic (exact) mass is 241 g/mol. The highest BCUT2D eigenvalue weighted by Gasteiger charge is 2.27. The molecule has 100 valence electrons. The second-order valence-corrected chi connectivity index (χ2v) is 5.64. The molecule has 0 saturated heterocycles. The van der Waals surface area contributed by atoms with Crippen LogP contribution in [0.15, 0.2) is 0 Å². The normalized spacial score (nSPS) is 19.5. The van der Waals surface area contributed by atoms with Crippen LogP contribution in [0.4, 0.5) is 0 Å². The minimum atomic E-state index is -0.0602. The van der Waals surface area contributed by atoms with Gasteiger partial charge >= 0.3 is 0 Å². The number of likely N-dealkylation sites (N-methyl/N-ethyl adjacent to an activating group) is 1. The maximum absolute atomic E-state index is 11.8. The van der Waals surface area contributed by atoms with Gasteiger partial charge in [-0.1, -0.05) is 13.8 Å². The van der Waals surface area contributed by atoms with Crippen molar-refractivity contribution in [3.63, 3.8) is 0 Å². The molecule has 0 aromatic heterocycles. The molecule has 0 aliphatic heterocycles. The van der Waals surface area contributed by atoms with Crippen LogP contribution < -0.4 is 11.1 Å². The Hall–Kier alpha value is -0.610. The lowest BCUT2D eigenvalue weighted by Gasteiger charge is -2.26. The molecule has 1 aliphatic carbocycles. The van der Waals surface area contributed by atoms with E-state index in [-0.39, 0.29) is 18.0 Å². The van der Waals surface area contributed by atoms with Crippen molar-refractivity contribution in [2.45, 2.75) is 58.2 Å². The minimum absolute atomic E-state index is 0.0602. The second kappa shape index (κ2) is 6.36. The Morgan fingerprint density at radius 2 is 2.00 bits per heavy atom. The Balaban J connectivity index is 2.25. The summed E-state index contributed by atoms with van der Waals surface area (Å²) < 4.78 is 0. The third-order valence-corrected chi connectivity index (χ3v) is 3.64. The topological polar surface area (TPSA) is 58.4 Å². The molecule has 17 heavy (non-hydrogen) atoms. The molecule has 1 saturated carbocycles. The molecule has 0 spiro atoms. The van der Waals surface area contributed by atoms with Gasteiger partial charge in [-0.25, -0.2) is 0 Å². The number of hydrogen-bond donors (Lipinski definition) is 2. The van der Waals surface area contributed by atoms with Gasteiger partial charge in [-0.3, -0.25) is 9.69 Å². The zero-order valence-electron chi connectivity index (χ0n) is 11.6. The van der Waals surface area contributed by atoms with Gasteiger partial charge in [-0.15, -0.1) is 0 Å². The summed E-state index contributed by atoms with van der Waals surface area (Å²) in [4.78, 5) is 13.9. The summed E-state index contributed by atoms with van der Waals surface area (Å²) in [5.74, 6) is 0.645. The Bertz CT molecular complexity index is 251. The van der Waals surface area contributed by atoms with Crippen LogP contribution in [0.3, 0.4) is 0 Å². The van der Waals surface area contributed by atoms with Crippen molar-refractivity contribution in [2.75, 3.05) is 13.6 Å². The fourth-order valence-corrected chi connectivity index (χ4v) is 1.63. The van der Waals surface area contributed by atoms with E-state index in [1.807, 2.05) is 14.0 Å².